The Hall–Kier alpha value is -1.29. The highest BCUT2D eigenvalue weighted by molar-refractivity contribution is 7.89. The Kier molecular flexibility index (Phi) is 6.44. The van der Waals surface area contributed by atoms with Crippen LogP contribution in [0.4, 0.5) is 0 Å². The minimum absolute atomic E-state index is 0.168. The molecule has 1 aliphatic heterocycles. The van der Waals surface area contributed by atoms with Crippen LogP contribution in [0.2, 0.25) is 0 Å². The first-order valence-corrected chi connectivity index (χ1v) is 10.9. The summed E-state index contributed by atoms with van der Waals surface area (Å²) in [5.41, 5.74) is 1.26. The van der Waals surface area contributed by atoms with Gasteiger partial charge in [0, 0.05) is 18.5 Å². The number of nitrogens with zero attached hydrogens (tertiary/aromatic N) is 1. The standard InChI is InChI=1S/C18H24N2O4S2/c1-20(9-7-14-5-3-2-4-6-14)11-17-18(21)16(12-24-17)19-26(22,23)15-8-10-25-13-15/h2-6,8,10,13,16-19,21H,7,9,11-12H2,1H3. The fourth-order valence-corrected chi connectivity index (χ4v) is 5.25. The van der Waals surface area contributed by atoms with Crippen molar-refractivity contribution in [1.82, 2.24) is 9.62 Å². The van der Waals surface area contributed by atoms with E-state index < -0.39 is 28.3 Å². The second-order valence-electron chi connectivity index (χ2n) is 6.55. The molecule has 3 rings (SSSR count). The van der Waals surface area contributed by atoms with Crippen molar-refractivity contribution in [1.29, 1.82) is 0 Å². The van der Waals surface area contributed by atoms with Crippen LogP contribution < -0.4 is 4.72 Å². The molecule has 1 aliphatic rings. The number of thiophene rings is 1. The molecule has 0 bridgehead atoms. The first-order chi connectivity index (χ1) is 12.5. The Balaban J connectivity index is 1.50. The van der Waals surface area contributed by atoms with E-state index in [2.05, 4.69) is 21.8 Å². The maximum Gasteiger partial charge on any atom is 0.241 e. The summed E-state index contributed by atoms with van der Waals surface area (Å²) in [6.07, 6.45) is -0.373. The molecule has 3 unspecified atom stereocenters. The maximum absolute atomic E-state index is 12.3. The zero-order chi connectivity index (χ0) is 18.6. The van der Waals surface area contributed by atoms with E-state index in [4.69, 9.17) is 4.74 Å². The van der Waals surface area contributed by atoms with E-state index in [0.29, 0.717) is 6.54 Å². The molecule has 0 radical (unpaired) electrons. The van der Waals surface area contributed by atoms with E-state index >= 15 is 0 Å². The van der Waals surface area contributed by atoms with Gasteiger partial charge in [-0.3, -0.25) is 0 Å². The number of likely N-dealkylation sites (N-methyl/N-ethyl adjacent to an activating group) is 1. The van der Waals surface area contributed by atoms with E-state index in [9.17, 15) is 13.5 Å². The summed E-state index contributed by atoms with van der Waals surface area (Å²) < 4.78 is 32.8. The molecule has 0 spiro atoms. The molecule has 2 aromatic rings. The van der Waals surface area contributed by atoms with Crippen LogP contribution in [0, 0.1) is 0 Å². The number of nitrogens with one attached hydrogen (secondary N) is 1. The van der Waals surface area contributed by atoms with Gasteiger partial charge in [0.15, 0.2) is 0 Å². The molecule has 2 heterocycles. The Bertz CT molecular complexity index is 781. The van der Waals surface area contributed by atoms with Crippen molar-refractivity contribution in [3.63, 3.8) is 0 Å². The highest BCUT2D eigenvalue weighted by Gasteiger charge is 2.38. The lowest BCUT2D eigenvalue weighted by molar-refractivity contribution is 0.0207. The molecule has 0 aliphatic carbocycles. The summed E-state index contributed by atoms with van der Waals surface area (Å²) in [4.78, 5) is 2.31. The summed E-state index contributed by atoms with van der Waals surface area (Å²) in [5, 5.41) is 13.7. The largest absolute Gasteiger partial charge is 0.389 e. The lowest BCUT2D eigenvalue weighted by Gasteiger charge is -2.23. The predicted octanol–water partition coefficient (Wildman–Crippen LogP) is 1.33. The number of hydrogen-bond donors (Lipinski definition) is 2. The van der Waals surface area contributed by atoms with Gasteiger partial charge in [-0.1, -0.05) is 30.3 Å². The van der Waals surface area contributed by atoms with Crippen LogP contribution in [0.1, 0.15) is 5.56 Å². The van der Waals surface area contributed by atoms with Gasteiger partial charge in [0.2, 0.25) is 10.0 Å². The van der Waals surface area contributed by atoms with Crippen molar-refractivity contribution in [3.8, 4) is 0 Å². The highest BCUT2D eigenvalue weighted by Crippen LogP contribution is 2.19. The van der Waals surface area contributed by atoms with E-state index in [-0.39, 0.29) is 11.5 Å². The molecule has 1 saturated heterocycles. The van der Waals surface area contributed by atoms with Gasteiger partial charge in [0.05, 0.1) is 29.8 Å². The van der Waals surface area contributed by atoms with Gasteiger partial charge in [-0.15, -0.1) is 0 Å². The van der Waals surface area contributed by atoms with Gasteiger partial charge in [0.1, 0.15) is 0 Å². The maximum atomic E-state index is 12.3. The molecule has 1 fully saturated rings. The Labute approximate surface area is 158 Å². The van der Waals surface area contributed by atoms with Gasteiger partial charge in [-0.05, 0) is 30.5 Å². The third kappa shape index (κ3) is 4.91. The fraction of sp³-hybridized carbons (Fsp3) is 0.444. The van der Waals surface area contributed by atoms with E-state index in [1.807, 2.05) is 25.2 Å². The van der Waals surface area contributed by atoms with Gasteiger partial charge in [-0.25, -0.2) is 13.1 Å². The smallest absolute Gasteiger partial charge is 0.241 e. The number of sulfonamides is 1. The summed E-state index contributed by atoms with van der Waals surface area (Å²) in [6, 6.07) is 11.1. The topological polar surface area (TPSA) is 78.9 Å². The molecular weight excluding hydrogens is 372 g/mol. The average molecular weight is 397 g/mol. The minimum atomic E-state index is -3.62. The molecular formula is C18H24N2O4S2. The third-order valence-electron chi connectivity index (χ3n) is 4.51. The zero-order valence-electron chi connectivity index (χ0n) is 14.6. The van der Waals surface area contributed by atoms with Gasteiger partial charge in [-0.2, -0.15) is 11.3 Å². The van der Waals surface area contributed by atoms with Crippen molar-refractivity contribution in [3.05, 3.63) is 52.7 Å². The SMILES string of the molecule is CN(CCc1ccccc1)CC1OCC(NS(=O)(=O)c2ccsc2)C1O. The number of ether oxygens (including phenoxy) is 1. The Morgan fingerprint density at radius 3 is 2.77 bits per heavy atom. The fourth-order valence-electron chi connectivity index (χ4n) is 2.98. The van der Waals surface area contributed by atoms with Crippen molar-refractivity contribution >= 4 is 21.4 Å². The number of aliphatic hydroxyl groups excluding tert-OH is 1. The highest BCUT2D eigenvalue weighted by atomic mass is 32.2. The van der Waals surface area contributed by atoms with Gasteiger partial charge in [0.25, 0.3) is 0 Å². The lowest BCUT2D eigenvalue weighted by Crippen LogP contribution is -2.46. The zero-order valence-corrected chi connectivity index (χ0v) is 16.2. The quantitative estimate of drug-likeness (QED) is 0.704. The number of rotatable bonds is 8. The third-order valence-corrected chi connectivity index (χ3v) is 6.83. The molecule has 0 amide bonds. The summed E-state index contributed by atoms with van der Waals surface area (Å²) in [7, 11) is -1.65. The van der Waals surface area contributed by atoms with Crippen LogP contribution >= 0.6 is 11.3 Å². The van der Waals surface area contributed by atoms with E-state index in [0.717, 1.165) is 13.0 Å². The molecule has 2 N–H and O–H groups in total. The van der Waals surface area contributed by atoms with E-state index in [1.54, 1.807) is 16.8 Å². The normalized spacial score (nSPS) is 23.6. The second kappa shape index (κ2) is 8.60. The molecule has 0 saturated carbocycles. The van der Waals surface area contributed by atoms with Crippen molar-refractivity contribution in [2.24, 2.45) is 0 Å². The molecule has 1 aromatic carbocycles. The van der Waals surface area contributed by atoms with Crippen molar-refractivity contribution < 1.29 is 18.3 Å². The summed E-state index contributed by atoms with van der Waals surface area (Å²) in [6.45, 7) is 1.55. The van der Waals surface area contributed by atoms with Crippen molar-refractivity contribution in [2.75, 3.05) is 26.7 Å². The predicted molar refractivity (Wildman–Crippen MR) is 102 cm³/mol. The van der Waals surface area contributed by atoms with Crippen LogP contribution in [0.5, 0.6) is 0 Å². The van der Waals surface area contributed by atoms with E-state index in [1.165, 1.54) is 16.9 Å². The Morgan fingerprint density at radius 1 is 1.31 bits per heavy atom. The first kappa shape index (κ1) is 19.5. The molecule has 6 nitrogen and oxygen atoms in total. The Morgan fingerprint density at radius 2 is 2.08 bits per heavy atom. The van der Waals surface area contributed by atoms with Gasteiger partial charge >= 0.3 is 0 Å². The second-order valence-corrected chi connectivity index (χ2v) is 9.04. The monoisotopic (exact) mass is 396 g/mol. The molecule has 8 heteroatoms. The molecule has 3 atom stereocenters. The number of benzene rings is 1. The molecule has 1 aromatic heterocycles. The molecule has 26 heavy (non-hydrogen) atoms. The van der Waals surface area contributed by atoms with Crippen LogP contribution in [0.3, 0.4) is 0 Å². The first-order valence-electron chi connectivity index (χ1n) is 8.52. The molecule has 142 valence electrons. The van der Waals surface area contributed by atoms with Crippen LogP contribution in [-0.2, 0) is 21.2 Å². The number of hydrogen-bond acceptors (Lipinski definition) is 6. The summed E-state index contributed by atoms with van der Waals surface area (Å²) in [5.74, 6) is 0. The average Bonchev–Trinajstić information content (AvgIpc) is 3.27. The van der Waals surface area contributed by atoms with Crippen molar-refractivity contribution in [2.45, 2.75) is 29.6 Å². The van der Waals surface area contributed by atoms with Crippen LogP contribution in [0.25, 0.3) is 0 Å². The summed E-state index contributed by atoms with van der Waals surface area (Å²) >= 11 is 1.32. The van der Waals surface area contributed by atoms with Crippen LogP contribution in [-0.4, -0.2) is 63.4 Å². The lowest BCUT2D eigenvalue weighted by atomic mass is 10.1. The van der Waals surface area contributed by atoms with Crippen LogP contribution in [0.15, 0.2) is 52.1 Å². The number of aliphatic hydroxyl groups is 1. The van der Waals surface area contributed by atoms with Gasteiger partial charge < -0.3 is 14.7 Å². The minimum Gasteiger partial charge on any atom is -0.389 e.